The first-order chi connectivity index (χ1) is 14.5. The summed E-state index contributed by atoms with van der Waals surface area (Å²) in [6.45, 7) is 0.638. The quantitative estimate of drug-likeness (QED) is 0.627. The number of carbonyl (C=O) groups is 1. The predicted molar refractivity (Wildman–Crippen MR) is 116 cm³/mol. The van der Waals surface area contributed by atoms with Crippen molar-refractivity contribution in [3.63, 3.8) is 0 Å². The lowest BCUT2D eigenvalue weighted by Gasteiger charge is -2.25. The Morgan fingerprint density at radius 3 is 2.60 bits per heavy atom. The molecule has 1 fully saturated rings. The maximum Gasteiger partial charge on any atom is 0.264 e. The van der Waals surface area contributed by atoms with E-state index < -0.39 is 10.0 Å². The van der Waals surface area contributed by atoms with E-state index in [1.54, 1.807) is 48.8 Å². The third kappa shape index (κ3) is 3.80. The molecule has 3 aromatic rings. The number of amides is 1. The van der Waals surface area contributed by atoms with Crippen molar-refractivity contribution in [2.45, 2.75) is 23.8 Å². The second kappa shape index (κ2) is 8.28. The minimum absolute atomic E-state index is 0.0431. The first-order valence-corrected chi connectivity index (χ1v) is 11.3. The normalized spacial score (nSPS) is 16.4. The molecular formula is C23H23N3O3S. The van der Waals surface area contributed by atoms with Gasteiger partial charge in [0.25, 0.3) is 15.9 Å². The molecule has 1 unspecified atom stereocenters. The van der Waals surface area contributed by atoms with Crippen LogP contribution in [0.5, 0.6) is 0 Å². The SMILES string of the molecule is CN(c1ccccc1)S(=O)(=O)c1cccc(C(=O)N2CCCC2c2cccnc2)c1. The highest BCUT2D eigenvalue weighted by Gasteiger charge is 2.31. The van der Waals surface area contributed by atoms with Gasteiger partial charge < -0.3 is 4.90 Å². The summed E-state index contributed by atoms with van der Waals surface area (Å²) in [5.74, 6) is -0.166. The molecule has 1 saturated heterocycles. The minimum Gasteiger partial charge on any atom is -0.332 e. The van der Waals surface area contributed by atoms with Gasteiger partial charge in [-0.3, -0.25) is 14.1 Å². The minimum atomic E-state index is -3.78. The van der Waals surface area contributed by atoms with Crippen LogP contribution >= 0.6 is 0 Å². The predicted octanol–water partition coefficient (Wildman–Crippen LogP) is 3.88. The van der Waals surface area contributed by atoms with Gasteiger partial charge in [-0.1, -0.05) is 30.3 Å². The average Bonchev–Trinajstić information content (AvgIpc) is 3.29. The van der Waals surface area contributed by atoms with Gasteiger partial charge in [-0.2, -0.15) is 0 Å². The number of carbonyl (C=O) groups excluding carboxylic acids is 1. The van der Waals surface area contributed by atoms with Gasteiger partial charge in [-0.25, -0.2) is 8.42 Å². The molecule has 4 rings (SSSR count). The first-order valence-electron chi connectivity index (χ1n) is 9.83. The van der Waals surface area contributed by atoms with Gasteiger partial charge in [0.2, 0.25) is 0 Å². The fourth-order valence-corrected chi connectivity index (χ4v) is 5.06. The van der Waals surface area contributed by atoms with E-state index in [0.717, 1.165) is 18.4 Å². The van der Waals surface area contributed by atoms with E-state index in [0.29, 0.717) is 17.8 Å². The Labute approximate surface area is 176 Å². The average molecular weight is 422 g/mol. The van der Waals surface area contributed by atoms with E-state index in [1.807, 2.05) is 23.1 Å². The van der Waals surface area contributed by atoms with Crippen LogP contribution in [0.2, 0.25) is 0 Å². The topological polar surface area (TPSA) is 70.6 Å². The first kappa shape index (κ1) is 20.1. The van der Waals surface area contributed by atoms with Crippen LogP contribution in [0.1, 0.15) is 34.8 Å². The molecule has 1 aliphatic heterocycles. The van der Waals surface area contributed by atoms with E-state index >= 15 is 0 Å². The number of benzene rings is 2. The molecule has 6 nitrogen and oxygen atoms in total. The number of para-hydroxylation sites is 1. The van der Waals surface area contributed by atoms with Crippen LogP contribution in [0.4, 0.5) is 5.69 Å². The largest absolute Gasteiger partial charge is 0.332 e. The summed E-state index contributed by atoms with van der Waals surface area (Å²) in [6, 6.07) is 18.9. The van der Waals surface area contributed by atoms with Crippen molar-refractivity contribution in [2.24, 2.45) is 0 Å². The Bertz CT molecular complexity index is 1130. The second-order valence-electron chi connectivity index (χ2n) is 7.28. The molecule has 0 aliphatic carbocycles. The molecule has 0 radical (unpaired) electrons. The molecule has 2 heterocycles. The Balaban J connectivity index is 1.62. The van der Waals surface area contributed by atoms with E-state index in [9.17, 15) is 13.2 Å². The second-order valence-corrected chi connectivity index (χ2v) is 9.25. The Kier molecular flexibility index (Phi) is 5.55. The smallest absolute Gasteiger partial charge is 0.264 e. The van der Waals surface area contributed by atoms with Crippen LogP contribution in [0, 0.1) is 0 Å². The summed E-state index contributed by atoms with van der Waals surface area (Å²) < 4.78 is 27.4. The molecule has 30 heavy (non-hydrogen) atoms. The van der Waals surface area contributed by atoms with E-state index in [4.69, 9.17) is 0 Å². The molecule has 1 amide bonds. The molecule has 0 N–H and O–H groups in total. The maximum atomic E-state index is 13.2. The molecule has 1 aromatic heterocycles. The molecule has 154 valence electrons. The van der Waals surface area contributed by atoms with Crippen LogP contribution < -0.4 is 4.31 Å². The molecule has 0 bridgehead atoms. The number of likely N-dealkylation sites (tertiary alicyclic amines) is 1. The van der Waals surface area contributed by atoms with Gasteiger partial charge in [-0.15, -0.1) is 0 Å². The molecule has 7 heteroatoms. The summed E-state index contributed by atoms with van der Waals surface area (Å²) in [7, 11) is -2.27. The lowest BCUT2D eigenvalue weighted by molar-refractivity contribution is 0.0735. The summed E-state index contributed by atoms with van der Waals surface area (Å²) in [5.41, 5.74) is 1.93. The van der Waals surface area contributed by atoms with Crippen molar-refractivity contribution in [1.29, 1.82) is 0 Å². The molecule has 2 aromatic carbocycles. The molecule has 1 aliphatic rings. The zero-order chi connectivity index (χ0) is 21.1. The third-order valence-corrected chi connectivity index (χ3v) is 7.22. The summed E-state index contributed by atoms with van der Waals surface area (Å²) >= 11 is 0. The van der Waals surface area contributed by atoms with Gasteiger partial charge in [0.05, 0.1) is 16.6 Å². The Hall–Kier alpha value is -3.19. The number of hydrogen-bond acceptors (Lipinski definition) is 4. The molecule has 0 spiro atoms. The van der Waals surface area contributed by atoms with Crippen molar-refractivity contribution in [2.75, 3.05) is 17.9 Å². The van der Waals surface area contributed by atoms with E-state index in [-0.39, 0.29) is 16.8 Å². The third-order valence-electron chi connectivity index (χ3n) is 5.44. The van der Waals surface area contributed by atoms with E-state index in [1.165, 1.54) is 23.5 Å². The van der Waals surface area contributed by atoms with Crippen molar-refractivity contribution < 1.29 is 13.2 Å². The molecule has 1 atom stereocenters. The summed E-state index contributed by atoms with van der Waals surface area (Å²) in [4.78, 5) is 19.3. The monoisotopic (exact) mass is 421 g/mol. The lowest BCUT2D eigenvalue weighted by Crippen LogP contribution is -2.31. The Morgan fingerprint density at radius 1 is 1.07 bits per heavy atom. The number of aromatic nitrogens is 1. The number of anilines is 1. The van der Waals surface area contributed by atoms with Gasteiger partial charge in [0, 0.05) is 31.5 Å². The van der Waals surface area contributed by atoms with Crippen molar-refractivity contribution in [1.82, 2.24) is 9.88 Å². The van der Waals surface area contributed by atoms with Gasteiger partial charge in [-0.05, 0) is 54.8 Å². The number of hydrogen-bond donors (Lipinski definition) is 0. The van der Waals surface area contributed by atoms with Gasteiger partial charge in [0.15, 0.2) is 0 Å². The number of rotatable bonds is 5. The number of nitrogens with zero attached hydrogens (tertiary/aromatic N) is 3. The molecule has 0 saturated carbocycles. The van der Waals surface area contributed by atoms with Gasteiger partial charge >= 0.3 is 0 Å². The highest BCUT2D eigenvalue weighted by atomic mass is 32.2. The molecular weight excluding hydrogens is 398 g/mol. The maximum absolute atomic E-state index is 13.2. The number of sulfonamides is 1. The van der Waals surface area contributed by atoms with Crippen molar-refractivity contribution >= 4 is 21.6 Å². The van der Waals surface area contributed by atoms with Crippen LogP contribution in [0.3, 0.4) is 0 Å². The zero-order valence-electron chi connectivity index (χ0n) is 16.7. The lowest BCUT2D eigenvalue weighted by atomic mass is 10.1. The zero-order valence-corrected chi connectivity index (χ0v) is 17.5. The fraction of sp³-hybridized carbons (Fsp3) is 0.217. The van der Waals surface area contributed by atoms with E-state index in [2.05, 4.69) is 4.98 Å². The highest BCUT2D eigenvalue weighted by Crippen LogP contribution is 2.33. The standard InChI is InChI=1S/C23H23N3O3S/c1-25(20-10-3-2-4-11-20)30(28,29)21-12-5-8-18(16-21)23(27)26-15-7-13-22(26)19-9-6-14-24-17-19/h2-6,8-12,14,16-17,22H,7,13,15H2,1H3. The van der Waals surface area contributed by atoms with Crippen LogP contribution in [-0.2, 0) is 10.0 Å². The van der Waals surface area contributed by atoms with Crippen molar-refractivity contribution in [3.8, 4) is 0 Å². The Morgan fingerprint density at radius 2 is 1.87 bits per heavy atom. The van der Waals surface area contributed by atoms with Crippen molar-refractivity contribution in [3.05, 3.63) is 90.3 Å². The summed E-state index contributed by atoms with van der Waals surface area (Å²) in [5, 5.41) is 0. The number of pyridine rings is 1. The van der Waals surface area contributed by atoms with Crippen LogP contribution in [-0.4, -0.2) is 37.8 Å². The van der Waals surface area contributed by atoms with Crippen LogP contribution in [0.15, 0.2) is 84.0 Å². The summed E-state index contributed by atoms with van der Waals surface area (Å²) in [6.07, 6.45) is 5.26. The fourth-order valence-electron chi connectivity index (χ4n) is 3.82. The highest BCUT2D eigenvalue weighted by molar-refractivity contribution is 7.92. The van der Waals surface area contributed by atoms with Crippen LogP contribution in [0.25, 0.3) is 0 Å². The van der Waals surface area contributed by atoms with Gasteiger partial charge in [0.1, 0.15) is 0 Å².